The number of benzene rings is 3. The Balaban J connectivity index is 1.52. The summed E-state index contributed by atoms with van der Waals surface area (Å²) in [7, 11) is -2.51. The number of carbonyl (C=O) groups excluding carboxylic acids is 1. The molecular formula is C24H25N3O5S. The minimum absolute atomic E-state index is 0.0679. The SMILES string of the molecule is COc1ccc(NS(=O)(=O)N2Cc3ccccc3C[C@@H]2C(=O)NOCc2ccccc2)cc1. The molecule has 0 aromatic heterocycles. The van der Waals surface area contributed by atoms with Crippen LogP contribution < -0.4 is 14.9 Å². The van der Waals surface area contributed by atoms with Crippen molar-refractivity contribution >= 4 is 21.8 Å². The Morgan fingerprint density at radius 1 is 0.970 bits per heavy atom. The van der Waals surface area contributed by atoms with Gasteiger partial charge in [-0.1, -0.05) is 54.6 Å². The van der Waals surface area contributed by atoms with E-state index in [-0.39, 0.29) is 19.6 Å². The van der Waals surface area contributed by atoms with Crippen LogP contribution in [0.25, 0.3) is 0 Å². The summed E-state index contributed by atoms with van der Waals surface area (Å²) in [6.45, 7) is 0.241. The first-order chi connectivity index (χ1) is 16.0. The molecule has 1 atom stereocenters. The van der Waals surface area contributed by atoms with Crippen LogP contribution in [0.4, 0.5) is 5.69 Å². The van der Waals surface area contributed by atoms with Gasteiger partial charge >= 0.3 is 10.2 Å². The fraction of sp³-hybridized carbons (Fsp3) is 0.208. The van der Waals surface area contributed by atoms with Crippen molar-refractivity contribution in [3.8, 4) is 5.75 Å². The van der Waals surface area contributed by atoms with Crippen LogP contribution in [0.5, 0.6) is 5.75 Å². The number of anilines is 1. The van der Waals surface area contributed by atoms with Crippen molar-refractivity contribution in [3.63, 3.8) is 0 Å². The quantitative estimate of drug-likeness (QED) is 0.497. The Hall–Kier alpha value is -3.40. The van der Waals surface area contributed by atoms with Gasteiger partial charge in [0.1, 0.15) is 11.8 Å². The Morgan fingerprint density at radius 3 is 2.33 bits per heavy atom. The minimum Gasteiger partial charge on any atom is -0.497 e. The summed E-state index contributed by atoms with van der Waals surface area (Å²) in [5.41, 5.74) is 5.46. The Morgan fingerprint density at radius 2 is 1.64 bits per heavy atom. The standard InChI is InChI=1S/C24H25N3O5S/c1-31-22-13-11-21(12-14-22)26-33(29,30)27-16-20-10-6-5-9-19(20)15-23(27)24(28)25-32-17-18-7-3-2-4-8-18/h2-14,23,26H,15-17H2,1H3,(H,25,28)/t23-/m1/s1. The molecule has 9 heteroatoms. The van der Waals surface area contributed by atoms with E-state index in [1.54, 1.807) is 24.3 Å². The average Bonchev–Trinajstić information content (AvgIpc) is 2.84. The maximum Gasteiger partial charge on any atom is 0.302 e. The number of hydroxylamine groups is 1. The van der Waals surface area contributed by atoms with Crippen LogP contribution in [0.1, 0.15) is 16.7 Å². The predicted molar refractivity (Wildman–Crippen MR) is 124 cm³/mol. The van der Waals surface area contributed by atoms with Crippen molar-refractivity contribution in [2.75, 3.05) is 11.8 Å². The third-order valence-electron chi connectivity index (χ3n) is 5.41. The second kappa shape index (κ2) is 10.0. The highest BCUT2D eigenvalue weighted by Crippen LogP contribution is 2.27. The van der Waals surface area contributed by atoms with E-state index in [9.17, 15) is 13.2 Å². The molecular weight excluding hydrogens is 442 g/mol. The van der Waals surface area contributed by atoms with Crippen molar-refractivity contribution in [2.45, 2.75) is 25.6 Å². The zero-order valence-electron chi connectivity index (χ0n) is 18.1. The molecule has 0 spiro atoms. The lowest BCUT2D eigenvalue weighted by atomic mass is 9.95. The lowest BCUT2D eigenvalue weighted by Crippen LogP contribution is -2.53. The third-order valence-corrected chi connectivity index (χ3v) is 6.90. The molecule has 0 radical (unpaired) electrons. The van der Waals surface area contributed by atoms with Gasteiger partial charge in [0.2, 0.25) is 0 Å². The van der Waals surface area contributed by atoms with E-state index in [1.165, 1.54) is 11.4 Å². The maximum atomic E-state index is 13.3. The number of amides is 1. The Kier molecular flexibility index (Phi) is 6.93. The first-order valence-corrected chi connectivity index (χ1v) is 11.9. The number of fused-ring (bicyclic) bond motifs is 1. The van der Waals surface area contributed by atoms with Crippen molar-refractivity contribution < 1.29 is 22.8 Å². The van der Waals surface area contributed by atoms with Crippen molar-refractivity contribution in [2.24, 2.45) is 0 Å². The molecule has 1 heterocycles. The van der Waals surface area contributed by atoms with E-state index in [0.717, 1.165) is 16.7 Å². The van der Waals surface area contributed by atoms with Crippen LogP contribution in [0.2, 0.25) is 0 Å². The highest BCUT2D eigenvalue weighted by molar-refractivity contribution is 7.90. The second-order valence-electron chi connectivity index (χ2n) is 7.61. The van der Waals surface area contributed by atoms with Crippen LogP contribution in [0.15, 0.2) is 78.9 Å². The van der Waals surface area contributed by atoms with E-state index in [0.29, 0.717) is 11.4 Å². The van der Waals surface area contributed by atoms with Crippen molar-refractivity contribution in [1.29, 1.82) is 0 Å². The van der Waals surface area contributed by atoms with E-state index >= 15 is 0 Å². The molecule has 0 fully saturated rings. The summed E-state index contributed by atoms with van der Waals surface area (Å²) in [4.78, 5) is 18.4. The first-order valence-electron chi connectivity index (χ1n) is 10.4. The van der Waals surface area contributed by atoms with Crippen LogP contribution >= 0.6 is 0 Å². The summed E-state index contributed by atoms with van der Waals surface area (Å²) in [5, 5.41) is 0. The van der Waals surface area contributed by atoms with Gasteiger partial charge in [0, 0.05) is 6.54 Å². The van der Waals surface area contributed by atoms with Gasteiger partial charge in [-0.15, -0.1) is 0 Å². The monoisotopic (exact) mass is 467 g/mol. The smallest absolute Gasteiger partial charge is 0.302 e. The third kappa shape index (κ3) is 5.51. The van der Waals surface area contributed by atoms with Gasteiger partial charge in [0.25, 0.3) is 5.91 Å². The molecule has 0 saturated carbocycles. The van der Waals surface area contributed by atoms with E-state index in [4.69, 9.17) is 9.57 Å². The number of nitrogens with zero attached hydrogens (tertiary/aromatic N) is 1. The molecule has 4 rings (SSSR count). The number of carbonyl (C=O) groups is 1. The number of hydrogen-bond acceptors (Lipinski definition) is 5. The van der Waals surface area contributed by atoms with Gasteiger partial charge in [0.05, 0.1) is 19.4 Å². The van der Waals surface area contributed by atoms with Gasteiger partial charge in [-0.3, -0.25) is 14.4 Å². The molecule has 0 aliphatic carbocycles. The zero-order valence-corrected chi connectivity index (χ0v) is 18.9. The van der Waals surface area contributed by atoms with Crippen LogP contribution in [0.3, 0.4) is 0 Å². The maximum absolute atomic E-state index is 13.3. The summed E-state index contributed by atoms with van der Waals surface area (Å²) >= 11 is 0. The van der Waals surface area contributed by atoms with Crippen LogP contribution in [-0.2, 0) is 39.4 Å². The first kappa shape index (κ1) is 22.8. The average molecular weight is 468 g/mol. The molecule has 1 amide bonds. The summed E-state index contributed by atoms with van der Waals surface area (Å²) < 4.78 is 35.4. The lowest BCUT2D eigenvalue weighted by Gasteiger charge is -2.34. The normalized spacial score (nSPS) is 16.0. The van der Waals surface area contributed by atoms with E-state index < -0.39 is 22.2 Å². The molecule has 1 aliphatic heterocycles. The van der Waals surface area contributed by atoms with Crippen LogP contribution in [0, 0.1) is 0 Å². The molecule has 172 valence electrons. The zero-order chi connectivity index (χ0) is 23.3. The van der Waals surface area contributed by atoms with Gasteiger partial charge in [-0.05, 0) is 47.4 Å². The van der Waals surface area contributed by atoms with Gasteiger partial charge in [-0.2, -0.15) is 12.7 Å². The van der Waals surface area contributed by atoms with Gasteiger partial charge < -0.3 is 4.74 Å². The number of hydrogen-bond donors (Lipinski definition) is 2. The molecule has 0 saturated heterocycles. The number of rotatable bonds is 8. The molecule has 33 heavy (non-hydrogen) atoms. The highest BCUT2D eigenvalue weighted by atomic mass is 32.2. The van der Waals surface area contributed by atoms with Gasteiger partial charge in [-0.25, -0.2) is 5.48 Å². The predicted octanol–water partition coefficient (Wildman–Crippen LogP) is 3.03. The van der Waals surface area contributed by atoms with Crippen molar-refractivity contribution in [3.05, 3.63) is 95.6 Å². The number of ether oxygens (including phenoxy) is 1. The summed E-state index contributed by atoms with van der Waals surface area (Å²) in [6, 6.07) is 22.4. The molecule has 2 N–H and O–H groups in total. The number of methoxy groups -OCH3 is 1. The number of nitrogens with one attached hydrogen (secondary N) is 2. The second-order valence-corrected chi connectivity index (χ2v) is 9.23. The molecule has 3 aromatic carbocycles. The molecule has 0 unspecified atom stereocenters. The highest BCUT2D eigenvalue weighted by Gasteiger charge is 2.39. The Labute approximate surface area is 193 Å². The summed E-state index contributed by atoms with van der Waals surface area (Å²) in [5.74, 6) is 0.0817. The molecule has 8 nitrogen and oxygen atoms in total. The van der Waals surface area contributed by atoms with Crippen LogP contribution in [-0.4, -0.2) is 31.8 Å². The Bertz CT molecular complexity index is 1200. The minimum atomic E-state index is -4.04. The van der Waals surface area contributed by atoms with Crippen molar-refractivity contribution in [1.82, 2.24) is 9.79 Å². The molecule has 3 aromatic rings. The van der Waals surface area contributed by atoms with Gasteiger partial charge in [0.15, 0.2) is 0 Å². The lowest BCUT2D eigenvalue weighted by molar-refractivity contribution is -0.139. The summed E-state index contributed by atoms with van der Waals surface area (Å²) in [6.07, 6.45) is 0.236. The largest absolute Gasteiger partial charge is 0.497 e. The fourth-order valence-corrected chi connectivity index (χ4v) is 5.04. The fourth-order valence-electron chi connectivity index (χ4n) is 3.67. The topological polar surface area (TPSA) is 97.0 Å². The molecule has 0 bridgehead atoms. The van der Waals surface area contributed by atoms with E-state index in [1.807, 2.05) is 54.6 Å². The molecule has 1 aliphatic rings. The van der Waals surface area contributed by atoms with E-state index in [2.05, 4.69) is 10.2 Å².